The Balaban J connectivity index is 2.11. The lowest BCUT2D eigenvalue weighted by molar-refractivity contribution is 0.296. The van der Waals surface area contributed by atoms with Gasteiger partial charge in [-0.1, -0.05) is 18.2 Å². The first kappa shape index (κ1) is 15.3. The molecule has 1 heterocycles. The van der Waals surface area contributed by atoms with Crippen molar-refractivity contribution in [3.05, 3.63) is 53.3 Å². The van der Waals surface area contributed by atoms with E-state index in [1.54, 1.807) is 7.11 Å². The van der Waals surface area contributed by atoms with Crippen LogP contribution in [0.1, 0.15) is 23.9 Å². The Morgan fingerprint density at radius 1 is 1.24 bits per heavy atom. The van der Waals surface area contributed by atoms with Gasteiger partial charge in [-0.2, -0.15) is 0 Å². The van der Waals surface area contributed by atoms with Crippen LogP contribution in [0.5, 0.6) is 11.5 Å². The van der Waals surface area contributed by atoms with Crippen molar-refractivity contribution >= 4 is 0 Å². The molecular formula is C17H22N2O2. The van der Waals surface area contributed by atoms with Gasteiger partial charge >= 0.3 is 0 Å². The van der Waals surface area contributed by atoms with Crippen LogP contribution < -0.4 is 15.2 Å². The monoisotopic (exact) mass is 286 g/mol. The number of hydrogen-bond donors (Lipinski definition) is 1. The number of methoxy groups -OCH3 is 1. The molecule has 0 aliphatic rings. The number of nitrogens with zero attached hydrogens (tertiary/aromatic N) is 1. The van der Waals surface area contributed by atoms with Crippen LogP contribution in [-0.4, -0.2) is 18.1 Å². The molecule has 2 aromatic rings. The zero-order valence-corrected chi connectivity index (χ0v) is 12.8. The minimum atomic E-state index is 0.104. The summed E-state index contributed by atoms with van der Waals surface area (Å²) >= 11 is 0. The summed E-state index contributed by atoms with van der Waals surface area (Å²) in [5, 5.41) is 0. The highest BCUT2D eigenvalue weighted by Crippen LogP contribution is 2.21. The predicted octanol–water partition coefficient (Wildman–Crippen LogP) is 2.87. The van der Waals surface area contributed by atoms with Crippen LogP contribution in [0, 0.1) is 6.92 Å². The molecule has 0 aliphatic heterocycles. The molecule has 4 nitrogen and oxygen atoms in total. The average Bonchev–Trinajstić information content (AvgIpc) is 2.45. The number of nitrogens with two attached hydrogens (primary N) is 1. The Bertz CT molecular complexity index is 597. The summed E-state index contributed by atoms with van der Waals surface area (Å²) in [5.41, 5.74) is 8.75. The summed E-state index contributed by atoms with van der Waals surface area (Å²) < 4.78 is 11.2. The zero-order chi connectivity index (χ0) is 15.2. The van der Waals surface area contributed by atoms with Crippen molar-refractivity contribution in [3.8, 4) is 11.5 Å². The summed E-state index contributed by atoms with van der Waals surface area (Å²) in [5.74, 6) is 1.65. The highest BCUT2D eigenvalue weighted by atomic mass is 16.5. The predicted molar refractivity (Wildman–Crippen MR) is 83.7 cm³/mol. The van der Waals surface area contributed by atoms with Crippen molar-refractivity contribution in [2.24, 2.45) is 5.73 Å². The van der Waals surface area contributed by atoms with E-state index in [0.29, 0.717) is 6.61 Å². The zero-order valence-electron chi connectivity index (χ0n) is 12.8. The summed E-state index contributed by atoms with van der Waals surface area (Å²) in [6.07, 6.45) is 0.792. The SMILES string of the molecule is COc1cc(C)nc(COc2ccccc2CC(C)N)c1. The molecule has 0 aliphatic carbocycles. The number of benzene rings is 1. The van der Waals surface area contributed by atoms with Crippen LogP contribution >= 0.6 is 0 Å². The first-order chi connectivity index (χ1) is 10.1. The smallest absolute Gasteiger partial charge is 0.130 e. The van der Waals surface area contributed by atoms with Gasteiger partial charge in [-0.25, -0.2) is 0 Å². The number of pyridine rings is 1. The molecule has 112 valence electrons. The lowest BCUT2D eigenvalue weighted by Gasteiger charge is -2.13. The van der Waals surface area contributed by atoms with Gasteiger partial charge in [0, 0.05) is 23.9 Å². The second kappa shape index (κ2) is 7.09. The molecule has 21 heavy (non-hydrogen) atoms. The van der Waals surface area contributed by atoms with Gasteiger partial charge < -0.3 is 15.2 Å². The molecule has 0 amide bonds. The maximum atomic E-state index is 5.90. The van der Waals surface area contributed by atoms with Crippen LogP contribution in [0.3, 0.4) is 0 Å². The Kier molecular flexibility index (Phi) is 5.17. The first-order valence-electron chi connectivity index (χ1n) is 7.06. The third kappa shape index (κ3) is 4.46. The van der Waals surface area contributed by atoms with Gasteiger partial charge in [-0.05, 0) is 31.9 Å². The van der Waals surface area contributed by atoms with E-state index in [4.69, 9.17) is 15.2 Å². The number of aromatic nitrogens is 1. The van der Waals surface area contributed by atoms with Gasteiger partial charge in [0.05, 0.1) is 12.8 Å². The van der Waals surface area contributed by atoms with Crippen LogP contribution in [0.25, 0.3) is 0 Å². The Labute approximate surface area is 125 Å². The van der Waals surface area contributed by atoms with E-state index in [9.17, 15) is 0 Å². The van der Waals surface area contributed by atoms with Crippen LogP contribution in [-0.2, 0) is 13.0 Å². The number of ether oxygens (including phenoxy) is 2. The number of para-hydroxylation sites is 1. The lowest BCUT2D eigenvalue weighted by Crippen LogP contribution is -2.18. The molecule has 0 fully saturated rings. The van der Waals surface area contributed by atoms with Gasteiger partial charge in [0.1, 0.15) is 18.1 Å². The third-order valence-electron chi connectivity index (χ3n) is 3.11. The lowest BCUT2D eigenvalue weighted by atomic mass is 10.1. The molecule has 4 heteroatoms. The topological polar surface area (TPSA) is 57.4 Å². The summed E-state index contributed by atoms with van der Waals surface area (Å²) in [4.78, 5) is 4.46. The van der Waals surface area contributed by atoms with Crippen molar-refractivity contribution < 1.29 is 9.47 Å². The van der Waals surface area contributed by atoms with Gasteiger partial charge in [0.15, 0.2) is 0 Å². The highest BCUT2D eigenvalue weighted by Gasteiger charge is 2.07. The average molecular weight is 286 g/mol. The van der Waals surface area contributed by atoms with E-state index in [2.05, 4.69) is 4.98 Å². The van der Waals surface area contributed by atoms with Gasteiger partial charge in [-0.15, -0.1) is 0 Å². The van der Waals surface area contributed by atoms with E-state index in [1.807, 2.05) is 50.2 Å². The molecule has 0 radical (unpaired) electrons. The summed E-state index contributed by atoms with van der Waals surface area (Å²) in [6, 6.07) is 11.9. The quantitative estimate of drug-likeness (QED) is 0.887. The number of aryl methyl sites for hydroxylation is 1. The molecule has 1 unspecified atom stereocenters. The molecular weight excluding hydrogens is 264 g/mol. The second-order valence-corrected chi connectivity index (χ2v) is 5.22. The van der Waals surface area contributed by atoms with Crippen molar-refractivity contribution in [3.63, 3.8) is 0 Å². The first-order valence-corrected chi connectivity index (χ1v) is 7.06. The van der Waals surface area contributed by atoms with E-state index in [1.165, 1.54) is 0 Å². The number of hydrogen-bond acceptors (Lipinski definition) is 4. The van der Waals surface area contributed by atoms with E-state index in [0.717, 1.165) is 34.9 Å². The largest absolute Gasteiger partial charge is 0.497 e. The Morgan fingerprint density at radius 2 is 2.00 bits per heavy atom. The van der Waals surface area contributed by atoms with Crippen LogP contribution in [0.15, 0.2) is 36.4 Å². The standard InChI is InChI=1S/C17H22N2O2/c1-12(18)8-14-6-4-5-7-17(14)21-11-15-10-16(20-3)9-13(2)19-15/h4-7,9-10,12H,8,11,18H2,1-3H3. The van der Waals surface area contributed by atoms with Gasteiger partial charge in [0.25, 0.3) is 0 Å². The van der Waals surface area contributed by atoms with Crippen LogP contribution in [0.4, 0.5) is 0 Å². The molecule has 2 N–H and O–H groups in total. The molecule has 1 aromatic heterocycles. The fourth-order valence-corrected chi connectivity index (χ4v) is 2.21. The second-order valence-electron chi connectivity index (χ2n) is 5.22. The van der Waals surface area contributed by atoms with E-state index in [-0.39, 0.29) is 6.04 Å². The number of rotatable bonds is 6. The minimum Gasteiger partial charge on any atom is -0.497 e. The molecule has 0 bridgehead atoms. The van der Waals surface area contributed by atoms with Gasteiger partial charge in [0.2, 0.25) is 0 Å². The van der Waals surface area contributed by atoms with E-state index < -0.39 is 0 Å². The third-order valence-corrected chi connectivity index (χ3v) is 3.11. The maximum Gasteiger partial charge on any atom is 0.130 e. The van der Waals surface area contributed by atoms with Crippen molar-refractivity contribution in [2.45, 2.75) is 32.9 Å². The van der Waals surface area contributed by atoms with Crippen molar-refractivity contribution in [1.29, 1.82) is 0 Å². The molecule has 0 spiro atoms. The van der Waals surface area contributed by atoms with Crippen LogP contribution in [0.2, 0.25) is 0 Å². The molecule has 2 rings (SSSR count). The fraction of sp³-hybridized carbons (Fsp3) is 0.353. The fourth-order valence-electron chi connectivity index (χ4n) is 2.21. The highest BCUT2D eigenvalue weighted by molar-refractivity contribution is 5.34. The van der Waals surface area contributed by atoms with Gasteiger partial charge in [-0.3, -0.25) is 4.98 Å². The summed E-state index contributed by atoms with van der Waals surface area (Å²) in [6.45, 7) is 4.34. The normalized spacial score (nSPS) is 12.0. The van der Waals surface area contributed by atoms with Crippen molar-refractivity contribution in [1.82, 2.24) is 4.98 Å². The summed E-state index contributed by atoms with van der Waals surface area (Å²) in [7, 11) is 1.65. The molecule has 1 atom stereocenters. The van der Waals surface area contributed by atoms with Crippen molar-refractivity contribution in [2.75, 3.05) is 7.11 Å². The Hall–Kier alpha value is -2.07. The minimum absolute atomic E-state index is 0.104. The molecule has 0 saturated heterocycles. The van der Waals surface area contributed by atoms with E-state index >= 15 is 0 Å². The molecule has 0 saturated carbocycles. The molecule has 1 aromatic carbocycles. The Morgan fingerprint density at radius 3 is 2.71 bits per heavy atom. The maximum absolute atomic E-state index is 5.90.